The first-order valence-corrected chi connectivity index (χ1v) is 12.6. The summed E-state index contributed by atoms with van der Waals surface area (Å²) in [6.07, 6.45) is 0.519. The maximum absolute atomic E-state index is 13.6. The van der Waals surface area contributed by atoms with Crippen molar-refractivity contribution in [2.75, 3.05) is 33.1 Å². The van der Waals surface area contributed by atoms with Crippen LogP contribution in [-0.4, -0.2) is 83.0 Å². The standard InChI is InChI=1S/C29H36N4O6/c1-7-21(34)24(29(30)39)28(38)25(33(5)6)22(35)13-16-12-18-20(32(3)4)14-17(19-10-8-9-11-31-19)27(37)23(18)26(36)15(16)2/h8-11,14,16,22,25,35,37-38H,2,7,12-13H2,1,3-6H3,(H2,30,39)/b28-24-/t16-,22-,25-/m0/s1. The number of carbonyl (C=O) groups is 3. The van der Waals surface area contributed by atoms with E-state index in [1.165, 1.54) is 11.8 Å². The Labute approximate surface area is 228 Å². The molecular weight excluding hydrogens is 500 g/mol. The molecule has 39 heavy (non-hydrogen) atoms. The van der Waals surface area contributed by atoms with Gasteiger partial charge in [-0.25, -0.2) is 0 Å². The average Bonchev–Trinajstić information content (AvgIpc) is 2.86. The van der Waals surface area contributed by atoms with E-state index in [-0.39, 0.29) is 36.1 Å². The number of hydrogen-bond donors (Lipinski definition) is 4. The first-order chi connectivity index (χ1) is 18.3. The summed E-state index contributed by atoms with van der Waals surface area (Å²) in [5.41, 5.74) is 7.40. The molecule has 0 saturated carbocycles. The van der Waals surface area contributed by atoms with Crippen molar-refractivity contribution in [1.82, 2.24) is 9.88 Å². The summed E-state index contributed by atoms with van der Waals surface area (Å²) in [5, 5.41) is 33.3. The third kappa shape index (κ3) is 5.71. The maximum Gasteiger partial charge on any atom is 0.255 e. The van der Waals surface area contributed by atoms with Crippen LogP contribution in [0, 0.1) is 5.92 Å². The highest BCUT2D eigenvalue weighted by Crippen LogP contribution is 2.45. The predicted octanol–water partition coefficient (Wildman–Crippen LogP) is 2.39. The third-order valence-electron chi connectivity index (χ3n) is 7.10. The lowest BCUT2D eigenvalue weighted by atomic mass is 9.74. The van der Waals surface area contributed by atoms with Gasteiger partial charge < -0.3 is 26.0 Å². The summed E-state index contributed by atoms with van der Waals surface area (Å²) in [7, 11) is 6.81. The Kier molecular flexibility index (Phi) is 8.93. The summed E-state index contributed by atoms with van der Waals surface area (Å²) in [4.78, 5) is 45.5. The Hall–Kier alpha value is -4.02. The lowest BCUT2D eigenvalue weighted by Gasteiger charge is -2.35. The number of aliphatic hydroxyl groups is 2. The van der Waals surface area contributed by atoms with Gasteiger partial charge in [0.05, 0.1) is 23.4 Å². The number of Topliss-reactive ketones (excluding diaryl/α,β-unsaturated/α-hetero) is 2. The number of amides is 1. The zero-order valence-corrected chi connectivity index (χ0v) is 22.9. The summed E-state index contributed by atoms with van der Waals surface area (Å²) in [6, 6.07) is 5.93. The van der Waals surface area contributed by atoms with Crippen molar-refractivity contribution in [1.29, 1.82) is 0 Å². The Balaban J connectivity index is 2.05. The summed E-state index contributed by atoms with van der Waals surface area (Å²) in [5.74, 6) is -3.53. The van der Waals surface area contributed by atoms with Crippen molar-refractivity contribution >= 4 is 23.2 Å². The molecule has 1 aliphatic carbocycles. The molecule has 1 aromatic heterocycles. The molecule has 3 atom stereocenters. The molecule has 208 valence electrons. The minimum Gasteiger partial charge on any atom is -0.510 e. The number of aliphatic hydroxyl groups excluding tert-OH is 2. The SMILES string of the molecule is C=C1C(=O)c2c(O)c(-c3ccccn3)cc(N(C)C)c2C[C@H]1C[C@H](O)[C@@H](/C(O)=C(/C(N)=O)C(=O)CC)N(C)C. The molecule has 2 aromatic rings. The molecule has 0 unspecified atom stereocenters. The zero-order valence-electron chi connectivity index (χ0n) is 22.9. The molecule has 5 N–H and O–H groups in total. The van der Waals surface area contributed by atoms with Gasteiger partial charge in [0.25, 0.3) is 5.91 Å². The van der Waals surface area contributed by atoms with E-state index in [0.29, 0.717) is 22.5 Å². The van der Waals surface area contributed by atoms with Gasteiger partial charge in [0, 0.05) is 38.0 Å². The van der Waals surface area contributed by atoms with E-state index in [1.54, 1.807) is 44.6 Å². The number of phenolic OH excluding ortho intramolecular Hbond substituents is 1. The number of benzene rings is 1. The van der Waals surface area contributed by atoms with Crippen LogP contribution in [0.25, 0.3) is 11.3 Å². The van der Waals surface area contributed by atoms with Crippen molar-refractivity contribution in [3.05, 3.63) is 65.1 Å². The fourth-order valence-corrected chi connectivity index (χ4v) is 5.13. The molecule has 0 aliphatic heterocycles. The second-order valence-electron chi connectivity index (χ2n) is 10.1. The highest BCUT2D eigenvalue weighted by molar-refractivity contribution is 6.19. The maximum atomic E-state index is 13.6. The molecule has 1 amide bonds. The van der Waals surface area contributed by atoms with Crippen molar-refractivity contribution < 1.29 is 29.7 Å². The fraction of sp³-hybridized carbons (Fsp3) is 0.379. The lowest BCUT2D eigenvalue weighted by Crippen LogP contribution is -2.44. The van der Waals surface area contributed by atoms with Crippen LogP contribution in [0.3, 0.4) is 0 Å². The number of hydrogen-bond acceptors (Lipinski definition) is 9. The number of ketones is 2. The smallest absolute Gasteiger partial charge is 0.255 e. The van der Waals surface area contributed by atoms with Gasteiger partial charge in [-0.05, 0) is 62.2 Å². The molecular formula is C29H36N4O6. The predicted molar refractivity (Wildman–Crippen MR) is 149 cm³/mol. The second kappa shape index (κ2) is 11.8. The summed E-state index contributed by atoms with van der Waals surface area (Å²) < 4.78 is 0. The number of fused-ring (bicyclic) bond motifs is 1. The van der Waals surface area contributed by atoms with E-state index >= 15 is 0 Å². The molecule has 3 rings (SSSR count). The van der Waals surface area contributed by atoms with Crippen LogP contribution in [-0.2, 0) is 16.0 Å². The van der Waals surface area contributed by atoms with E-state index in [0.717, 1.165) is 0 Å². The molecule has 0 spiro atoms. The van der Waals surface area contributed by atoms with Gasteiger partial charge in [-0.1, -0.05) is 19.6 Å². The summed E-state index contributed by atoms with van der Waals surface area (Å²) in [6.45, 7) is 5.52. The number of phenols is 1. The number of anilines is 1. The van der Waals surface area contributed by atoms with Gasteiger partial charge in [0.2, 0.25) is 0 Å². The van der Waals surface area contributed by atoms with Crippen molar-refractivity contribution in [3.8, 4) is 17.0 Å². The van der Waals surface area contributed by atoms with Crippen molar-refractivity contribution in [3.63, 3.8) is 0 Å². The molecule has 1 aromatic carbocycles. The van der Waals surface area contributed by atoms with Crippen LogP contribution in [0.15, 0.2) is 53.9 Å². The van der Waals surface area contributed by atoms with Crippen molar-refractivity contribution in [2.45, 2.75) is 38.3 Å². The molecule has 0 saturated heterocycles. The van der Waals surface area contributed by atoms with Crippen LogP contribution in [0.2, 0.25) is 0 Å². The molecule has 1 aliphatic rings. The molecule has 10 nitrogen and oxygen atoms in total. The van der Waals surface area contributed by atoms with Gasteiger partial charge in [0.1, 0.15) is 17.1 Å². The quantitative estimate of drug-likeness (QED) is 0.155. The first kappa shape index (κ1) is 29.5. The number of carbonyl (C=O) groups excluding carboxylic acids is 3. The topological polar surface area (TPSA) is 157 Å². The van der Waals surface area contributed by atoms with Crippen LogP contribution in [0.1, 0.15) is 35.7 Å². The normalized spacial score (nSPS) is 17.4. The molecule has 1 heterocycles. The third-order valence-corrected chi connectivity index (χ3v) is 7.10. The Morgan fingerprint density at radius 1 is 1.23 bits per heavy atom. The number of primary amides is 1. The molecule has 0 radical (unpaired) electrons. The van der Waals surface area contributed by atoms with Crippen LogP contribution >= 0.6 is 0 Å². The number of nitrogens with two attached hydrogens (primary N) is 1. The van der Waals surface area contributed by atoms with E-state index in [1.807, 2.05) is 19.0 Å². The monoisotopic (exact) mass is 536 g/mol. The second-order valence-corrected chi connectivity index (χ2v) is 10.1. The number of likely N-dealkylation sites (N-methyl/N-ethyl adjacent to an activating group) is 1. The van der Waals surface area contributed by atoms with E-state index in [2.05, 4.69) is 11.6 Å². The first-order valence-electron chi connectivity index (χ1n) is 12.6. The number of allylic oxidation sites excluding steroid dienone is 1. The Morgan fingerprint density at radius 3 is 2.41 bits per heavy atom. The van der Waals surface area contributed by atoms with Gasteiger partial charge in [0.15, 0.2) is 11.6 Å². The van der Waals surface area contributed by atoms with Crippen LogP contribution < -0.4 is 10.6 Å². The molecule has 10 heteroatoms. The minimum absolute atomic E-state index is 0.0150. The Bertz CT molecular complexity index is 1330. The fourth-order valence-electron chi connectivity index (χ4n) is 5.13. The lowest BCUT2D eigenvalue weighted by molar-refractivity contribution is -0.121. The Morgan fingerprint density at radius 2 is 1.90 bits per heavy atom. The molecule has 0 fully saturated rings. The zero-order chi connectivity index (χ0) is 29.2. The van der Waals surface area contributed by atoms with Gasteiger partial charge >= 0.3 is 0 Å². The van der Waals surface area contributed by atoms with Crippen LogP contribution in [0.4, 0.5) is 5.69 Å². The average molecular weight is 537 g/mol. The molecule has 0 bridgehead atoms. The number of aromatic nitrogens is 1. The highest BCUT2D eigenvalue weighted by atomic mass is 16.3. The number of rotatable bonds is 10. The van der Waals surface area contributed by atoms with Crippen molar-refractivity contribution in [2.24, 2.45) is 11.7 Å². The number of aromatic hydroxyl groups is 1. The number of nitrogens with zero attached hydrogens (tertiary/aromatic N) is 3. The number of pyridine rings is 1. The summed E-state index contributed by atoms with van der Waals surface area (Å²) >= 11 is 0. The van der Waals surface area contributed by atoms with Gasteiger partial charge in [-0.3, -0.25) is 24.3 Å². The minimum atomic E-state index is -1.29. The van der Waals surface area contributed by atoms with Gasteiger partial charge in [-0.2, -0.15) is 0 Å². The van der Waals surface area contributed by atoms with Crippen LogP contribution in [0.5, 0.6) is 5.75 Å². The van der Waals surface area contributed by atoms with Gasteiger partial charge in [-0.15, -0.1) is 0 Å². The largest absolute Gasteiger partial charge is 0.510 e. The highest BCUT2D eigenvalue weighted by Gasteiger charge is 2.39. The van der Waals surface area contributed by atoms with E-state index < -0.39 is 46.9 Å². The van der Waals surface area contributed by atoms with E-state index in [4.69, 9.17) is 5.73 Å². The van der Waals surface area contributed by atoms with E-state index in [9.17, 15) is 29.7 Å².